The summed E-state index contributed by atoms with van der Waals surface area (Å²) in [7, 11) is -2.00. The Bertz CT molecular complexity index is 404. The number of methoxy groups -OCH3 is 1. The van der Waals surface area contributed by atoms with Gasteiger partial charge >= 0.3 is 0 Å². The largest absolute Gasteiger partial charge is 0.359 e. The third-order valence-corrected chi connectivity index (χ3v) is 2.29. The number of sulfonamides is 1. The van der Waals surface area contributed by atoms with E-state index in [2.05, 4.69) is 4.72 Å². The van der Waals surface area contributed by atoms with Crippen LogP contribution in [0.2, 0.25) is 0 Å². The normalized spacial score (nSPS) is 13.6. The predicted molar refractivity (Wildman–Crippen MR) is 59.1 cm³/mol. The van der Waals surface area contributed by atoms with Crippen LogP contribution in [-0.2, 0) is 19.5 Å². The topological polar surface area (TPSA) is 66.7 Å². The maximum Gasteiger partial charge on any atom is 0.227 e. The van der Waals surface area contributed by atoms with Crippen LogP contribution < -0.4 is 4.72 Å². The van der Waals surface area contributed by atoms with E-state index in [0.29, 0.717) is 5.56 Å². The van der Waals surface area contributed by atoms with Crippen LogP contribution >= 0.6 is 0 Å². The van der Waals surface area contributed by atoms with Crippen molar-refractivity contribution in [2.24, 2.45) is 0 Å². The lowest BCUT2D eigenvalue weighted by Crippen LogP contribution is -2.23. The van der Waals surface area contributed by atoms with E-state index in [0.717, 1.165) is 6.26 Å². The molecular formula is C10H14NO4S. The second-order valence-corrected chi connectivity index (χ2v) is 4.85. The fraction of sp³-hybridized carbons (Fsp3) is 0.400. The Balaban J connectivity index is 2.79. The summed E-state index contributed by atoms with van der Waals surface area (Å²) in [5, 5.41) is 0. The van der Waals surface area contributed by atoms with Gasteiger partial charge in [0, 0.05) is 7.11 Å². The van der Waals surface area contributed by atoms with E-state index in [4.69, 9.17) is 9.47 Å². The molecule has 0 spiro atoms. The summed E-state index contributed by atoms with van der Waals surface area (Å²) in [6.45, 7) is -0.0153. The van der Waals surface area contributed by atoms with Gasteiger partial charge in [-0.2, -0.15) is 0 Å². The molecule has 1 unspecified atom stereocenters. The molecule has 1 rings (SSSR count). The van der Waals surface area contributed by atoms with E-state index >= 15 is 0 Å². The summed E-state index contributed by atoms with van der Waals surface area (Å²) in [5.74, 6) is 0. The summed E-state index contributed by atoms with van der Waals surface area (Å²) in [4.78, 5) is 0. The van der Waals surface area contributed by atoms with Crippen molar-refractivity contribution in [1.29, 1.82) is 0 Å². The molecule has 0 aliphatic rings. The van der Waals surface area contributed by atoms with Gasteiger partial charge in [0.15, 0.2) is 6.23 Å². The molecule has 1 aromatic rings. The van der Waals surface area contributed by atoms with Crippen molar-refractivity contribution in [2.45, 2.75) is 6.23 Å². The molecule has 0 saturated carbocycles. The van der Waals surface area contributed by atoms with Gasteiger partial charge in [0.05, 0.1) is 6.26 Å². The van der Waals surface area contributed by atoms with Gasteiger partial charge in [0.25, 0.3) is 0 Å². The summed E-state index contributed by atoms with van der Waals surface area (Å²) < 4.78 is 35.7. The SMILES string of the molecule is COCOC([N]S(C)(=O)=O)c1ccccc1. The van der Waals surface area contributed by atoms with Gasteiger partial charge in [0.1, 0.15) is 6.79 Å². The van der Waals surface area contributed by atoms with Crippen LogP contribution in [0.15, 0.2) is 30.3 Å². The highest BCUT2D eigenvalue weighted by Crippen LogP contribution is 2.16. The Kier molecular flexibility index (Phi) is 4.88. The minimum absolute atomic E-state index is 0.0153. The summed E-state index contributed by atoms with van der Waals surface area (Å²) in [6.07, 6.45) is 0.176. The highest BCUT2D eigenvalue weighted by Gasteiger charge is 2.18. The van der Waals surface area contributed by atoms with Gasteiger partial charge in [-0.05, 0) is 5.56 Å². The molecule has 0 bridgehead atoms. The zero-order chi connectivity index (χ0) is 12.0. The number of hydrogen-bond donors (Lipinski definition) is 0. The maximum absolute atomic E-state index is 11.1. The van der Waals surface area contributed by atoms with Crippen molar-refractivity contribution < 1.29 is 17.9 Å². The van der Waals surface area contributed by atoms with Crippen molar-refractivity contribution >= 4 is 10.0 Å². The van der Waals surface area contributed by atoms with E-state index in [1.807, 2.05) is 6.07 Å². The molecule has 0 aromatic heterocycles. The van der Waals surface area contributed by atoms with E-state index in [1.165, 1.54) is 7.11 Å². The van der Waals surface area contributed by atoms with Crippen molar-refractivity contribution in [3.8, 4) is 0 Å². The van der Waals surface area contributed by atoms with Gasteiger partial charge < -0.3 is 9.47 Å². The van der Waals surface area contributed by atoms with Crippen molar-refractivity contribution in [3.63, 3.8) is 0 Å². The smallest absolute Gasteiger partial charge is 0.227 e. The molecule has 5 nitrogen and oxygen atoms in total. The highest BCUT2D eigenvalue weighted by molar-refractivity contribution is 7.88. The van der Waals surface area contributed by atoms with Crippen LogP contribution in [0.3, 0.4) is 0 Å². The fourth-order valence-corrected chi connectivity index (χ4v) is 1.64. The molecule has 0 heterocycles. The Morgan fingerprint density at radius 2 is 1.94 bits per heavy atom. The third-order valence-electron chi connectivity index (χ3n) is 1.72. The zero-order valence-electron chi connectivity index (χ0n) is 9.16. The molecule has 0 fully saturated rings. The molecule has 0 saturated heterocycles. The van der Waals surface area contributed by atoms with Crippen LogP contribution in [0.1, 0.15) is 11.8 Å². The molecule has 0 aliphatic heterocycles. The monoisotopic (exact) mass is 244 g/mol. The van der Waals surface area contributed by atoms with Crippen LogP contribution in [-0.4, -0.2) is 28.6 Å². The van der Waals surface area contributed by atoms with Crippen molar-refractivity contribution in [2.75, 3.05) is 20.2 Å². The molecule has 0 amide bonds. The molecule has 0 N–H and O–H groups in total. The summed E-state index contributed by atoms with van der Waals surface area (Å²) in [6, 6.07) is 8.90. The number of rotatable bonds is 6. The number of hydrogen-bond acceptors (Lipinski definition) is 4. The molecule has 0 aliphatic carbocycles. The average Bonchev–Trinajstić information content (AvgIpc) is 2.24. The second kappa shape index (κ2) is 5.95. The lowest BCUT2D eigenvalue weighted by molar-refractivity contribution is -0.0781. The van der Waals surface area contributed by atoms with Gasteiger partial charge in [0.2, 0.25) is 10.0 Å². The van der Waals surface area contributed by atoms with Crippen LogP contribution in [0.25, 0.3) is 0 Å². The zero-order valence-corrected chi connectivity index (χ0v) is 9.98. The van der Waals surface area contributed by atoms with Crippen LogP contribution in [0, 0.1) is 0 Å². The number of ether oxygens (including phenoxy) is 2. The third kappa shape index (κ3) is 4.71. The number of nitrogens with zero attached hydrogens (tertiary/aromatic N) is 1. The average molecular weight is 244 g/mol. The molecular weight excluding hydrogens is 230 g/mol. The number of benzene rings is 1. The lowest BCUT2D eigenvalue weighted by Gasteiger charge is -2.15. The molecule has 16 heavy (non-hydrogen) atoms. The standard InChI is InChI=1S/C10H14NO4S/c1-14-8-15-10(11-16(2,12)13)9-6-4-3-5-7-9/h3-7,10H,8H2,1-2H3. The first-order valence-corrected chi connectivity index (χ1v) is 6.45. The Hall–Kier alpha value is -0.950. The summed E-state index contributed by atoms with van der Waals surface area (Å²) in [5.41, 5.74) is 0.671. The molecule has 1 aromatic carbocycles. The van der Waals surface area contributed by atoms with E-state index in [-0.39, 0.29) is 6.79 Å². The van der Waals surface area contributed by atoms with Gasteiger partial charge in [-0.1, -0.05) is 35.1 Å². The molecule has 89 valence electrons. The highest BCUT2D eigenvalue weighted by atomic mass is 32.2. The fourth-order valence-electron chi connectivity index (χ4n) is 1.11. The first-order chi connectivity index (χ1) is 7.53. The molecule has 1 radical (unpaired) electrons. The maximum atomic E-state index is 11.1. The quantitative estimate of drug-likeness (QED) is 0.696. The van der Waals surface area contributed by atoms with Gasteiger partial charge in [-0.25, -0.2) is 8.42 Å². The molecule has 6 heteroatoms. The first-order valence-electron chi connectivity index (χ1n) is 4.60. The van der Waals surface area contributed by atoms with Gasteiger partial charge in [-0.15, -0.1) is 0 Å². The minimum atomic E-state index is -3.46. The Morgan fingerprint density at radius 3 is 2.44 bits per heavy atom. The van der Waals surface area contributed by atoms with Crippen LogP contribution in [0.5, 0.6) is 0 Å². The van der Waals surface area contributed by atoms with E-state index < -0.39 is 16.3 Å². The molecule has 1 atom stereocenters. The van der Waals surface area contributed by atoms with E-state index in [1.54, 1.807) is 24.3 Å². The van der Waals surface area contributed by atoms with Crippen molar-refractivity contribution in [3.05, 3.63) is 35.9 Å². The van der Waals surface area contributed by atoms with Crippen molar-refractivity contribution in [1.82, 2.24) is 4.72 Å². The van der Waals surface area contributed by atoms with Gasteiger partial charge in [-0.3, -0.25) is 0 Å². The summed E-state index contributed by atoms with van der Waals surface area (Å²) >= 11 is 0. The Morgan fingerprint density at radius 1 is 1.31 bits per heavy atom. The first kappa shape index (κ1) is 13.1. The van der Waals surface area contributed by atoms with E-state index in [9.17, 15) is 8.42 Å². The second-order valence-electron chi connectivity index (χ2n) is 3.17. The van der Waals surface area contributed by atoms with Crippen LogP contribution in [0.4, 0.5) is 0 Å². The predicted octanol–water partition coefficient (Wildman–Crippen LogP) is 0.870. The Labute approximate surface area is 95.4 Å². The lowest BCUT2D eigenvalue weighted by atomic mass is 10.2. The minimum Gasteiger partial charge on any atom is -0.359 e.